The number of aromatic nitrogens is 3. The van der Waals surface area contributed by atoms with Crippen molar-refractivity contribution < 1.29 is 9.18 Å². The zero-order chi connectivity index (χ0) is 17.1. The van der Waals surface area contributed by atoms with Crippen molar-refractivity contribution in [2.45, 2.75) is 19.5 Å². The Morgan fingerprint density at radius 1 is 1.42 bits per heavy atom. The number of carbonyl (C=O) groups excluding carboxylic acids is 1. The lowest BCUT2D eigenvalue weighted by Gasteiger charge is -2.15. The van der Waals surface area contributed by atoms with Crippen molar-refractivity contribution in [3.63, 3.8) is 0 Å². The molecule has 124 valence electrons. The van der Waals surface area contributed by atoms with Crippen LogP contribution in [0, 0.1) is 10.6 Å². The van der Waals surface area contributed by atoms with Gasteiger partial charge in [0.15, 0.2) is 10.6 Å². The number of aromatic amines is 1. The van der Waals surface area contributed by atoms with Crippen molar-refractivity contribution in [3.8, 4) is 10.7 Å². The van der Waals surface area contributed by atoms with Crippen LogP contribution in [0.1, 0.15) is 18.5 Å². The van der Waals surface area contributed by atoms with Gasteiger partial charge in [-0.1, -0.05) is 24.3 Å². The Labute approximate surface area is 147 Å². The number of thiophene rings is 1. The Balaban J connectivity index is 1.78. The Bertz CT molecular complexity index is 901. The fourth-order valence-electron chi connectivity index (χ4n) is 2.33. The summed E-state index contributed by atoms with van der Waals surface area (Å²) in [6.45, 7) is 1.86. The van der Waals surface area contributed by atoms with Gasteiger partial charge >= 0.3 is 0 Å². The first kappa shape index (κ1) is 16.5. The van der Waals surface area contributed by atoms with Crippen LogP contribution in [0.5, 0.6) is 0 Å². The monoisotopic (exact) mass is 362 g/mol. The summed E-state index contributed by atoms with van der Waals surface area (Å²) < 4.78 is 15.7. The van der Waals surface area contributed by atoms with E-state index in [4.69, 9.17) is 12.2 Å². The summed E-state index contributed by atoms with van der Waals surface area (Å²) in [6, 6.07) is 9.60. The lowest BCUT2D eigenvalue weighted by molar-refractivity contribution is -0.124. The van der Waals surface area contributed by atoms with Gasteiger partial charge in [0.05, 0.1) is 4.88 Å². The zero-order valence-corrected chi connectivity index (χ0v) is 14.5. The van der Waals surface area contributed by atoms with E-state index < -0.39 is 6.04 Å². The van der Waals surface area contributed by atoms with Crippen LogP contribution in [-0.2, 0) is 11.3 Å². The normalized spacial score (nSPS) is 12.1. The molecule has 0 unspecified atom stereocenters. The largest absolute Gasteiger partial charge is 0.350 e. The molecule has 3 rings (SSSR count). The molecule has 0 fully saturated rings. The summed E-state index contributed by atoms with van der Waals surface area (Å²) in [5, 5.41) is 11.6. The fraction of sp³-hybridized carbons (Fsp3) is 0.188. The van der Waals surface area contributed by atoms with Gasteiger partial charge in [-0.05, 0) is 36.7 Å². The van der Waals surface area contributed by atoms with Crippen LogP contribution in [0.2, 0.25) is 0 Å². The van der Waals surface area contributed by atoms with E-state index in [0.717, 1.165) is 4.88 Å². The van der Waals surface area contributed by atoms with Gasteiger partial charge in [-0.15, -0.1) is 11.3 Å². The van der Waals surface area contributed by atoms with E-state index in [9.17, 15) is 9.18 Å². The number of benzene rings is 1. The number of halogens is 1. The van der Waals surface area contributed by atoms with Crippen LogP contribution in [0.15, 0.2) is 41.8 Å². The number of hydrogen-bond acceptors (Lipinski definition) is 4. The molecule has 1 aromatic carbocycles. The topological polar surface area (TPSA) is 62.7 Å². The Morgan fingerprint density at radius 2 is 2.21 bits per heavy atom. The van der Waals surface area contributed by atoms with E-state index in [-0.39, 0.29) is 18.3 Å². The highest BCUT2D eigenvalue weighted by molar-refractivity contribution is 7.71. The van der Waals surface area contributed by atoms with Crippen molar-refractivity contribution in [3.05, 3.63) is 57.9 Å². The number of nitrogens with one attached hydrogen (secondary N) is 2. The van der Waals surface area contributed by atoms with Crippen LogP contribution in [0.4, 0.5) is 4.39 Å². The number of hydrogen-bond donors (Lipinski definition) is 2. The molecule has 1 atom stereocenters. The second-order valence-electron chi connectivity index (χ2n) is 5.18. The first-order valence-corrected chi connectivity index (χ1v) is 8.58. The van der Waals surface area contributed by atoms with Crippen molar-refractivity contribution in [1.82, 2.24) is 20.1 Å². The summed E-state index contributed by atoms with van der Waals surface area (Å²) in [6.07, 6.45) is 0. The second kappa shape index (κ2) is 7.06. The van der Waals surface area contributed by atoms with E-state index in [1.807, 2.05) is 17.5 Å². The third kappa shape index (κ3) is 3.29. The minimum atomic E-state index is -0.569. The number of amides is 1. The maximum Gasteiger partial charge on any atom is 0.243 e. The Morgan fingerprint density at radius 3 is 2.92 bits per heavy atom. The molecule has 0 radical (unpaired) electrons. The Hall–Kier alpha value is -2.32. The summed E-state index contributed by atoms with van der Waals surface area (Å²) in [5.41, 5.74) is 0.437. The van der Waals surface area contributed by atoms with Crippen LogP contribution in [-0.4, -0.2) is 20.7 Å². The quantitative estimate of drug-likeness (QED) is 0.681. The molecule has 2 heterocycles. The van der Waals surface area contributed by atoms with Gasteiger partial charge in [0.1, 0.15) is 11.9 Å². The van der Waals surface area contributed by atoms with Crippen LogP contribution in [0.3, 0.4) is 0 Å². The number of carbonyl (C=O) groups is 1. The number of H-pyrrole nitrogens is 1. The maximum absolute atomic E-state index is 13.6. The SMILES string of the molecule is C[C@@H](C(=O)NCc1ccccc1F)n1c(-c2cccs2)n[nH]c1=S. The lowest BCUT2D eigenvalue weighted by Crippen LogP contribution is -2.31. The van der Waals surface area contributed by atoms with E-state index in [1.54, 1.807) is 29.7 Å². The molecule has 0 spiro atoms. The standard InChI is InChI=1S/C16H15FN4OS2/c1-10(15(22)18-9-11-5-2-3-6-12(11)17)21-14(19-20-16(21)23)13-7-4-8-24-13/h2-8,10H,9H2,1H3,(H,18,22)(H,20,23)/t10-/m0/s1. The molecule has 2 N–H and O–H groups in total. The summed E-state index contributed by atoms with van der Waals surface area (Å²) in [7, 11) is 0. The molecular formula is C16H15FN4OS2. The van der Waals surface area contributed by atoms with Gasteiger partial charge in [0.25, 0.3) is 0 Å². The molecule has 2 aromatic heterocycles. The minimum absolute atomic E-state index is 0.120. The first-order valence-electron chi connectivity index (χ1n) is 7.30. The lowest BCUT2D eigenvalue weighted by atomic mass is 10.2. The van der Waals surface area contributed by atoms with E-state index in [0.29, 0.717) is 16.2 Å². The second-order valence-corrected chi connectivity index (χ2v) is 6.52. The molecule has 0 saturated heterocycles. The van der Waals surface area contributed by atoms with Crippen molar-refractivity contribution in [1.29, 1.82) is 0 Å². The van der Waals surface area contributed by atoms with Crippen molar-refractivity contribution in [2.24, 2.45) is 0 Å². The summed E-state index contributed by atoms with van der Waals surface area (Å²) in [4.78, 5) is 13.4. The molecule has 1 amide bonds. The Kier molecular flexibility index (Phi) is 4.86. The van der Waals surface area contributed by atoms with Crippen molar-refractivity contribution >= 4 is 29.5 Å². The van der Waals surface area contributed by atoms with Gasteiger partial charge in [-0.25, -0.2) is 4.39 Å². The average Bonchev–Trinajstić information content (AvgIpc) is 3.22. The molecule has 5 nitrogen and oxygen atoms in total. The fourth-order valence-corrected chi connectivity index (χ4v) is 3.33. The summed E-state index contributed by atoms with van der Waals surface area (Å²) in [5.74, 6) is 0.0155. The van der Waals surface area contributed by atoms with E-state index in [1.165, 1.54) is 17.4 Å². The van der Waals surface area contributed by atoms with Gasteiger partial charge < -0.3 is 5.32 Å². The third-order valence-corrected chi connectivity index (χ3v) is 4.78. The zero-order valence-electron chi connectivity index (χ0n) is 12.8. The van der Waals surface area contributed by atoms with E-state index >= 15 is 0 Å². The molecule has 8 heteroatoms. The predicted molar refractivity (Wildman–Crippen MR) is 93.7 cm³/mol. The molecule has 0 aliphatic carbocycles. The van der Waals surface area contributed by atoms with Crippen LogP contribution < -0.4 is 5.32 Å². The summed E-state index contributed by atoms with van der Waals surface area (Å²) >= 11 is 6.76. The van der Waals surface area contributed by atoms with Gasteiger partial charge in [0.2, 0.25) is 5.91 Å². The van der Waals surface area contributed by atoms with Crippen LogP contribution >= 0.6 is 23.6 Å². The highest BCUT2D eigenvalue weighted by Gasteiger charge is 2.21. The van der Waals surface area contributed by atoms with Crippen molar-refractivity contribution in [2.75, 3.05) is 0 Å². The van der Waals surface area contributed by atoms with Gasteiger partial charge in [-0.2, -0.15) is 5.10 Å². The van der Waals surface area contributed by atoms with Gasteiger partial charge in [-0.3, -0.25) is 14.5 Å². The van der Waals surface area contributed by atoms with Crippen LogP contribution in [0.25, 0.3) is 10.7 Å². The molecule has 3 aromatic rings. The molecule has 0 aliphatic rings. The molecule has 24 heavy (non-hydrogen) atoms. The maximum atomic E-state index is 13.6. The molecule has 0 bridgehead atoms. The van der Waals surface area contributed by atoms with Gasteiger partial charge in [0, 0.05) is 12.1 Å². The highest BCUT2D eigenvalue weighted by atomic mass is 32.1. The minimum Gasteiger partial charge on any atom is -0.350 e. The smallest absolute Gasteiger partial charge is 0.243 e. The number of nitrogens with zero attached hydrogens (tertiary/aromatic N) is 2. The third-order valence-electron chi connectivity index (χ3n) is 3.62. The highest BCUT2D eigenvalue weighted by Crippen LogP contribution is 2.25. The molecular weight excluding hydrogens is 347 g/mol. The predicted octanol–water partition coefficient (Wildman–Crippen LogP) is 3.69. The number of rotatable bonds is 5. The molecule has 0 saturated carbocycles. The average molecular weight is 362 g/mol. The first-order chi connectivity index (χ1) is 11.6. The molecule has 0 aliphatic heterocycles. The van der Waals surface area contributed by atoms with E-state index in [2.05, 4.69) is 15.5 Å².